The number of hydrogen-bond acceptors (Lipinski definition) is 3. The number of carbonyl (C=O) groups excluding carboxylic acids is 1. The highest BCUT2D eigenvalue weighted by atomic mass is 19.4. The highest BCUT2D eigenvalue weighted by molar-refractivity contribution is 5.94. The molecule has 0 unspecified atom stereocenters. The maximum absolute atomic E-state index is 12.0. The molecule has 2 rings (SSSR count). The SMILES string of the molecule is Cc1nc2ccc(NC(=O)C(F)(F)F)cn2n1. The maximum atomic E-state index is 12.0. The van der Waals surface area contributed by atoms with Gasteiger partial charge in [0, 0.05) is 0 Å². The van der Waals surface area contributed by atoms with Gasteiger partial charge < -0.3 is 5.32 Å². The van der Waals surface area contributed by atoms with Crippen molar-refractivity contribution in [1.29, 1.82) is 0 Å². The number of pyridine rings is 1. The average Bonchev–Trinajstić information content (AvgIpc) is 2.55. The number of hydrogen-bond donors (Lipinski definition) is 1. The molecule has 0 fully saturated rings. The van der Waals surface area contributed by atoms with Gasteiger partial charge >= 0.3 is 12.1 Å². The Kier molecular flexibility index (Phi) is 2.49. The van der Waals surface area contributed by atoms with Crippen LogP contribution in [0.1, 0.15) is 5.82 Å². The summed E-state index contributed by atoms with van der Waals surface area (Å²) in [7, 11) is 0. The monoisotopic (exact) mass is 244 g/mol. The molecule has 1 amide bonds. The Hall–Kier alpha value is -2.12. The first-order valence-corrected chi connectivity index (χ1v) is 4.57. The van der Waals surface area contributed by atoms with Crippen LogP contribution in [0.3, 0.4) is 0 Å². The number of nitrogens with one attached hydrogen (secondary N) is 1. The molecule has 0 aliphatic rings. The van der Waals surface area contributed by atoms with Gasteiger partial charge in [0.1, 0.15) is 5.82 Å². The Bertz CT molecular complexity index is 575. The lowest BCUT2D eigenvalue weighted by Gasteiger charge is -2.07. The van der Waals surface area contributed by atoms with Crippen LogP contribution < -0.4 is 5.32 Å². The van der Waals surface area contributed by atoms with Crippen molar-refractivity contribution in [1.82, 2.24) is 14.6 Å². The van der Waals surface area contributed by atoms with Crippen molar-refractivity contribution in [2.24, 2.45) is 0 Å². The first-order chi connectivity index (χ1) is 7.86. The Balaban J connectivity index is 2.28. The summed E-state index contributed by atoms with van der Waals surface area (Å²) in [6.45, 7) is 1.65. The van der Waals surface area contributed by atoms with E-state index in [0.717, 1.165) is 0 Å². The fourth-order valence-corrected chi connectivity index (χ4v) is 1.27. The van der Waals surface area contributed by atoms with Crippen LogP contribution in [-0.2, 0) is 4.79 Å². The van der Waals surface area contributed by atoms with Gasteiger partial charge in [-0.15, -0.1) is 0 Å². The molecule has 0 aliphatic heterocycles. The minimum absolute atomic E-state index is 0.00438. The molecule has 0 saturated heterocycles. The highest BCUT2D eigenvalue weighted by Gasteiger charge is 2.38. The molecule has 0 aliphatic carbocycles. The molecule has 5 nitrogen and oxygen atoms in total. The zero-order chi connectivity index (χ0) is 12.6. The third kappa shape index (κ3) is 2.35. The predicted molar refractivity (Wildman–Crippen MR) is 52.4 cm³/mol. The fourth-order valence-electron chi connectivity index (χ4n) is 1.27. The van der Waals surface area contributed by atoms with Gasteiger partial charge in [-0.05, 0) is 19.1 Å². The molecule has 17 heavy (non-hydrogen) atoms. The number of amides is 1. The van der Waals surface area contributed by atoms with Crippen molar-refractivity contribution < 1.29 is 18.0 Å². The second kappa shape index (κ2) is 3.72. The number of nitrogens with zero attached hydrogens (tertiary/aromatic N) is 3. The van der Waals surface area contributed by atoms with Crippen molar-refractivity contribution in [3.8, 4) is 0 Å². The van der Waals surface area contributed by atoms with Gasteiger partial charge in [-0.3, -0.25) is 4.79 Å². The van der Waals surface area contributed by atoms with Gasteiger partial charge in [-0.25, -0.2) is 9.50 Å². The number of aromatic nitrogens is 3. The number of fused-ring (bicyclic) bond motifs is 1. The zero-order valence-corrected chi connectivity index (χ0v) is 8.62. The normalized spacial score (nSPS) is 11.8. The van der Waals surface area contributed by atoms with Crippen LogP contribution >= 0.6 is 0 Å². The first-order valence-electron chi connectivity index (χ1n) is 4.57. The smallest absolute Gasteiger partial charge is 0.317 e. The Morgan fingerprint density at radius 3 is 2.76 bits per heavy atom. The van der Waals surface area contributed by atoms with Crippen LogP contribution in [0.4, 0.5) is 18.9 Å². The van der Waals surface area contributed by atoms with Gasteiger partial charge in [0.2, 0.25) is 0 Å². The van der Waals surface area contributed by atoms with Gasteiger partial charge in [0.05, 0.1) is 11.9 Å². The summed E-state index contributed by atoms with van der Waals surface area (Å²) in [6, 6.07) is 2.79. The Morgan fingerprint density at radius 1 is 1.41 bits per heavy atom. The molecular formula is C9H7F3N4O. The number of alkyl halides is 3. The third-order valence-electron chi connectivity index (χ3n) is 1.95. The molecule has 0 spiro atoms. The summed E-state index contributed by atoms with van der Waals surface area (Å²) in [5.74, 6) is -1.53. The molecular weight excluding hydrogens is 237 g/mol. The van der Waals surface area contributed by atoms with E-state index in [4.69, 9.17) is 0 Å². The molecule has 2 aromatic heterocycles. The summed E-state index contributed by atoms with van der Waals surface area (Å²) in [4.78, 5) is 14.7. The van der Waals surface area contributed by atoms with Gasteiger partial charge in [0.25, 0.3) is 0 Å². The molecule has 2 aromatic rings. The average molecular weight is 244 g/mol. The van der Waals surface area contributed by atoms with E-state index in [1.807, 2.05) is 0 Å². The number of aryl methyl sites for hydroxylation is 1. The van der Waals surface area contributed by atoms with Crippen molar-refractivity contribution in [2.75, 3.05) is 5.32 Å². The molecule has 8 heteroatoms. The van der Waals surface area contributed by atoms with Gasteiger partial charge in [-0.1, -0.05) is 0 Å². The standard InChI is InChI=1S/C9H7F3N4O/c1-5-13-7-3-2-6(4-16(7)15-5)14-8(17)9(10,11)12/h2-4H,1H3,(H,14,17). The van der Waals surface area contributed by atoms with E-state index in [2.05, 4.69) is 10.1 Å². The predicted octanol–water partition coefficient (Wildman–Crippen LogP) is 1.54. The van der Waals surface area contributed by atoms with Gasteiger partial charge in [-0.2, -0.15) is 18.3 Å². The minimum Gasteiger partial charge on any atom is -0.317 e. The van der Waals surface area contributed by atoms with E-state index in [-0.39, 0.29) is 5.69 Å². The first kappa shape index (κ1) is 11.4. The third-order valence-corrected chi connectivity index (χ3v) is 1.95. The van der Waals surface area contributed by atoms with Crippen LogP contribution in [0.25, 0.3) is 5.65 Å². The largest absolute Gasteiger partial charge is 0.471 e. The Labute approximate surface area is 93.3 Å². The van der Waals surface area contributed by atoms with Crippen molar-refractivity contribution in [3.05, 3.63) is 24.2 Å². The quantitative estimate of drug-likeness (QED) is 0.827. The molecule has 0 bridgehead atoms. The summed E-state index contributed by atoms with van der Waals surface area (Å²) >= 11 is 0. The fraction of sp³-hybridized carbons (Fsp3) is 0.222. The number of rotatable bonds is 1. The molecule has 90 valence electrons. The van der Waals surface area contributed by atoms with Crippen LogP contribution in [0.2, 0.25) is 0 Å². The highest BCUT2D eigenvalue weighted by Crippen LogP contribution is 2.18. The van der Waals surface area contributed by atoms with Crippen LogP contribution in [-0.4, -0.2) is 26.7 Å². The summed E-state index contributed by atoms with van der Waals surface area (Å²) < 4.78 is 37.3. The number of anilines is 1. The number of carbonyl (C=O) groups is 1. The van der Waals surface area contributed by atoms with Crippen molar-refractivity contribution in [3.63, 3.8) is 0 Å². The Morgan fingerprint density at radius 2 is 2.12 bits per heavy atom. The van der Waals surface area contributed by atoms with E-state index in [1.165, 1.54) is 22.8 Å². The summed E-state index contributed by atoms with van der Waals surface area (Å²) in [6.07, 6.45) is -3.65. The lowest BCUT2D eigenvalue weighted by atomic mass is 10.4. The molecule has 0 radical (unpaired) electrons. The van der Waals surface area contributed by atoms with Gasteiger partial charge in [0.15, 0.2) is 5.65 Å². The zero-order valence-electron chi connectivity index (χ0n) is 8.62. The summed E-state index contributed by atoms with van der Waals surface area (Å²) in [5, 5.41) is 5.65. The second-order valence-electron chi connectivity index (χ2n) is 3.33. The maximum Gasteiger partial charge on any atom is 0.471 e. The van der Waals surface area contributed by atoms with E-state index < -0.39 is 12.1 Å². The number of halogens is 3. The van der Waals surface area contributed by atoms with E-state index in [1.54, 1.807) is 12.2 Å². The topological polar surface area (TPSA) is 59.3 Å². The molecule has 1 N–H and O–H groups in total. The van der Waals surface area contributed by atoms with Crippen LogP contribution in [0.15, 0.2) is 18.3 Å². The summed E-state index contributed by atoms with van der Waals surface area (Å²) in [5.41, 5.74) is 0.497. The molecule has 0 atom stereocenters. The van der Waals surface area contributed by atoms with E-state index in [0.29, 0.717) is 11.5 Å². The van der Waals surface area contributed by atoms with E-state index in [9.17, 15) is 18.0 Å². The molecule has 2 heterocycles. The molecule has 0 aromatic carbocycles. The van der Waals surface area contributed by atoms with E-state index >= 15 is 0 Å². The van der Waals surface area contributed by atoms with Crippen LogP contribution in [0, 0.1) is 6.92 Å². The van der Waals surface area contributed by atoms with Crippen molar-refractivity contribution in [2.45, 2.75) is 13.1 Å². The molecule has 0 saturated carbocycles. The lowest BCUT2D eigenvalue weighted by Crippen LogP contribution is -2.30. The second-order valence-corrected chi connectivity index (χ2v) is 3.33. The lowest BCUT2D eigenvalue weighted by molar-refractivity contribution is -0.167. The van der Waals surface area contributed by atoms with Crippen molar-refractivity contribution >= 4 is 17.2 Å². The minimum atomic E-state index is -4.91. The van der Waals surface area contributed by atoms with Crippen LogP contribution in [0.5, 0.6) is 0 Å².